The Hall–Kier alpha value is -1.73. The van der Waals surface area contributed by atoms with Crippen LogP contribution in [0, 0.1) is 0 Å². The maximum absolute atomic E-state index is 12.2. The summed E-state index contributed by atoms with van der Waals surface area (Å²) in [5.74, 6) is -0.505. The average Bonchev–Trinajstić information content (AvgIpc) is 2.84. The third kappa shape index (κ3) is 2.74. The Labute approximate surface area is 101 Å². The number of hydrogen-bond donors (Lipinski definition) is 1. The zero-order valence-electron chi connectivity index (χ0n) is 9.57. The fourth-order valence-electron chi connectivity index (χ4n) is 1.96. The van der Waals surface area contributed by atoms with E-state index in [1.165, 1.54) is 0 Å². The molecular formula is C10H13F3N4O. The van der Waals surface area contributed by atoms with Crippen molar-refractivity contribution in [2.24, 2.45) is 0 Å². The van der Waals surface area contributed by atoms with Crippen LogP contribution in [-0.4, -0.2) is 39.9 Å². The Bertz CT molecular complexity index is 448. The molecule has 1 aromatic rings. The Morgan fingerprint density at radius 2 is 2.00 bits per heavy atom. The van der Waals surface area contributed by atoms with Crippen LogP contribution in [0.1, 0.15) is 23.2 Å². The number of nitrogens with zero attached hydrogens (tertiary/aromatic N) is 3. The summed E-state index contributed by atoms with van der Waals surface area (Å²) in [6, 6.07) is 0. The first kappa shape index (κ1) is 12.7. The molecule has 2 N–H and O–H groups in total. The van der Waals surface area contributed by atoms with Gasteiger partial charge in [-0.15, -0.1) is 0 Å². The second-order valence-corrected chi connectivity index (χ2v) is 4.24. The maximum Gasteiger partial charge on any atom is 0.408 e. The number of alkyl halides is 3. The first-order valence-electron chi connectivity index (χ1n) is 5.56. The number of carbonyl (C=O) groups excluding carboxylic acids is 1. The Kier molecular flexibility index (Phi) is 3.18. The highest BCUT2D eigenvalue weighted by molar-refractivity contribution is 5.98. The van der Waals surface area contributed by atoms with Crippen LogP contribution < -0.4 is 5.73 Å². The molecule has 0 aliphatic carbocycles. The van der Waals surface area contributed by atoms with Crippen LogP contribution in [0.3, 0.4) is 0 Å². The fourth-order valence-corrected chi connectivity index (χ4v) is 1.96. The summed E-state index contributed by atoms with van der Waals surface area (Å²) < 4.78 is 37.2. The molecule has 1 fully saturated rings. The van der Waals surface area contributed by atoms with Gasteiger partial charge < -0.3 is 10.6 Å². The lowest BCUT2D eigenvalue weighted by Gasteiger charge is -2.13. The number of hydrogen-bond acceptors (Lipinski definition) is 3. The van der Waals surface area contributed by atoms with Crippen molar-refractivity contribution in [3.8, 4) is 0 Å². The van der Waals surface area contributed by atoms with Gasteiger partial charge in [-0.1, -0.05) is 0 Å². The molecule has 18 heavy (non-hydrogen) atoms. The van der Waals surface area contributed by atoms with Crippen molar-refractivity contribution in [1.29, 1.82) is 0 Å². The SMILES string of the molecule is Nc1nn(CC(F)(F)F)cc1C(=O)N1CCCC1. The molecule has 1 aliphatic rings. The van der Waals surface area contributed by atoms with Gasteiger partial charge in [-0.2, -0.15) is 18.3 Å². The molecule has 0 saturated carbocycles. The summed E-state index contributed by atoms with van der Waals surface area (Å²) in [5, 5.41) is 3.52. The highest BCUT2D eigenvalue weighted by atomic mass is 19.4. The molecule has 2 rings (SSSR count). The molecule has 100 valence electrons. The molecule has 0 bridgehead atoms. The van der Waals surface area contributed by atoms with Crippen molar-refractivity contribution in [2.45, 2.75) is 25.6 Å². The van der Waals surface area contributed by atoms with Gasteiger partial charge in [0.05, 0.1) is 0 Å². The summed E-state index contributed by atoms with van der Waals surface area (Å²) in [6.45, 7) is -0.0179. The van der Waals surface area contributed by atoms with Gasteiger partial charge in [0.25, 0.3) is 5.91 Å². The predicted molar refractivity (Wildman–Crippen MR) is 57.8 cm³/mol. The molecule has 1 aliphatic heterocycles. The van der Waals surface area contributed by atoms with Gasteiger partial charge in [-0.3, -0.25) is 9.48 Å². The largest absolute Gasteiger partial charge is 0.408 e. The second-order valence-electron chi connectivity index (χ2n) is 4.24. The first-order valence-corrected chi connectivity index (χ1v) is 5.56. The average molecular weight is 262 g/mol. The van der Waals surface area contributed by atoms with Crippen LogP contribution in [0.25, 0.3) is 0 Å². The predicted octanol–water partition coefficient (Wildman–Crippen LogP) is 1.26. The van der Waals surface area contributed by atoms with E-state index in [4.69, 9.17) is 5.73 Å². The van der Waals surface area contributed by atoms with Crippen molar-refractivity contribution in [3.05, 3.63) is 11.8 Å². The van der Waals surface area contributed by atoms with E-state index in [0.29, 0.717) is 17.8 Å². The summed E-state index contributed by atoms with van der Waals surface area (Å²) in [6.07, 6.45) is -1.51. The van der Waals surface area contributed by atoms with Gasteiger partial charge in [0.1, 0.15) is 12.1 Å². The van der Waals surface area contributed by atoms with Crippen LogP contribution >= 0.6 is 0 Å². The van der Waals surface area contributed by atoms with E-state index in [9.17, 15) is 18.0 Å². The molecule has 0 atom stereocenters. The third-order valence-corrected chi connectivity index (χ3v) is 2.76. The summed E-state index contributed by atoms with van der Waals surface area (Å²) in [4.78, 5) is 13.5. The molecule has 1 aromatic heterocycles. The molecule has 0 aromatic carbocycles. The Balaban J connectivity index is 2.16. The molecule has 5 nitrogen and oxygen atoms in total. The molecular weight excluding hydrogens is 249 g/mol. The van der Waals surface area contributed by atoms with E-state index in [2.05, 4.69) is 5.10 Å². The molecule has 0 spiro atoms. The Morgan fingerprint density at radius 1 is 1.39 bits per heavy atom. The minimum Gasteiger partial charge on any atom is -0.382 e. The summed E-state index contributed by atoms with van der Waals surface area (Å²) in [7, 11) is 0. The smallest absolute Gasteiger partial charge is 0.382 e. The van der Waals surface area contributed by atoms with Gasteiger partial charge in [0.2, 0.25) is 0 Å². The van der Waals surface area contributed by atoms with Crippen molar-refractivity contribution >= 4 is 11.7 Å². The van der Waals surface area contributed by atoms with Gasteiger partial charge >= 0.3 is 6.18 Å². The first-order chi connectivity index (χ1) is 8.37. The standard InChI is InChI=1S/C10H13F3N4O/c11-10(12,13)6-17-5-7(8(14)15-17)9(18)16-3-1-2-4-16/h5H,1-4,6H2,(H2,14,15). The number of amides is 1. The number of carbonyl (C=O) groups is 1. The maximum atomic E-state index is 12.2. The molecule has 8 heteroatoms. The molecule has 0 radical (unpaired) electrons. The topological polar surface area (TPSA) is 64.1 Å². The molecule has 1 amide bonds. The van der Waals surface area contributed by atoms with Crippen LogP contribution in [0.5, 0.6) is 0 Å². The number of nitrogen functional groups attached to an aromatic ring is 1. The summed E-state index contributed by atoms with van der Waals surface area (Å²) in [5.41, 5.74) is 5.52. The fraction of sp³-hybridized carbons (Fsp3) is 0.600. The van der Waals surface area contributed by atoms with E-state index in [0.717, 1.165) is 19.0 Å². The van der Waals surface area contributed by atoms with Crippen molar-refractivity contribution in [1.82, 2.24) is 14.7 Å². The quantitative estimate of drug-likeness (QED) is 0.872. The minimum absolute atomic E-state index is 0.0427. The van der Waals surface area contributed by atoms with E-state index in [-0.39, 0.29) is 17.3 Å². The van der Waals surface area contributed by atoms with E-state index < -0.39 is 12.7 Å². The highest BCUT2D eigenvalue weighted by Gasteiger charge is 2.30. The number of halogens is 3. The molecule has 2 heterocycles. The third-order valence-electron chi connectivity index (χ3n) is 2.76. The normalized spacial score (nSPS) is 16.3. The van der Waals surface area contributed by atoms with Gasteiger partial charge in [-0.05, 0) is 12.8 Å². The lowest BCUT2D eigenvalue weighted by atomic mass is 10.3. The van der Waals surface area contributed by atoms with Crippen LogP contribution in [0.15, 0.2) is 6.20 Å². The number of nitrogens with two attached hydrogens (primary N) is 1. The zero-order valence-corrected chi connectivity index (χ0v) is 9.57. The minimum atomic E-state index is -4.38. The number of likely N-dealkylation sites (tertiary alicyclic amines) is 1. The van der Waals surface area contributed by atoms with Gasteiger partial charge in [-0.25, -0.2) is 0 Å². The number of rotatable bonds is 2. The van der Waals surface area contributed by atoms with Crippen molar-refractivity contribution in [2.75, 3.05) is 18.8 Å². The van der Waals surface area contributed by atoms with Crippen LogP contribution in [0.2, 0.25) is 0 Å². The zero-order chi connectivity index (χ0) is 13.3. The lowest BCUT2D eigenvalue weighted by molar-refractivity contribution is -0.142. The van der Waals surface area contributed by atoms with E-state index in [1.807, 2.05) is 0 Å². The lowest BCUT2D eigenvalue weighted by Crippen LogP contribution is -2.27. The van der Waals surface area contributed by atoms with Gasteiger partial charge in [0.15, 0.2) is 5.82 Å². The van der Waals surface area contributed by atoms with E-state index in [1.54, 1.807) is 4.90 Å². The monoisotopic (exact) mass is 262 g/mol. The Morgan fingerprint density at radius 3 is 2.56 bits per heavy atom. The van der Waals surface area contributed by atoms with Gasteiger partial charge in [0, 0.05) is 19.3 Å². The summed E-state index contributed by atoms with van der Waals surface area (Å²) >= 11 is 0. The van der Waals surface area contributed by atoms with Crippen molar-refractivity contribution in [3.63, 3.8) is 0 Å². The van der Waals surface area contributed by atoms with Crippen LogP contribution in [-0.2, 0) is 6.54 Å². The highest BCUT2D eigenvalue weighted by Crippen LogP contribution is 2.21. The number of aromatic nitrogens is 2. The second kappa shape index (κ2) is 4.51. The van der Waals surface area contributed by atoms with E-state index >= 15 is 0 Å². The molecule has 0 unspecified atom stereocenters. The number of anilines is 1. The van der Waals surface area contributed by atoms with Crippen molar-refractivity contribution < 1.29 is 18.0 Å². The molecule has 1 saturated heterocycles. The van der Waals surface area contributed by atoms with Crippen LogP contribution in [0.4, 0.5) is 19.0 Å².